The largest absolute Gasteiger partial charge is 0.384 e. The van der Waals surface area contributed by atoms with Gasteiger partial charge in [0.25, 0.3) is 0 Å². The number of ketones is 1. The molecule has 0 heterocycles. The summed E-state index contributed by atoms with van der Waals surface area (Å²) >= 11 is 0. The third kappa shape index (κ3) is 3.51. The summed E-state index contributed by atoms with van der Waals surface area (Å²) in [6.45, 7) is 8.31. The maximum atomic E-state index is 11.1. The highest BCUT2D eigenvalue weighted by Crippen LogP contribution is 2.26. The third-order valence-electron chi connectivity index (χ3n) is 1.87. The van der Waals surface area contributed by atoms with E-state index in [1.165, 1.54) is 0 Å². The van der Waals surface area contributed by atoms with Crippen LogP contribution >= 0.6 is 0 Å². The van der Waals surface area contributed by atoms with Gasteiger partial charge in [-0.15, -0.1) is 0 Å². The molecule has 0 aromatic heterocycles. The molecule has 1 atom stereocenters. The first kappa shape index (κ1) is 10.6. The number of methoxy groups -OCH3 is 1. The van der Waals surface area contributed by atoms with Crippen molar-refractivity contribution in [2.45, 2.75) is 27.7 Å². The monoisotopic (exact) mass is 158 g/mol. The predicted molar refractivity (Wildman–Crippen MR) is 45.5 cm³/mol. The molecule has 0 spiro atoms. The highest BCUT2D eigenvalue weighted by Gasteiger charge is 2.28. The maximum absolute atomic E-state index is 11.1. The second-order valence-electron chi connectivity index (χ2n) is 3.98. The fourth-order valence-corrected chi connectivity index (χ4v) is 1.14. The molecule has 1 unspecified atom stereocenters. The molecule has 11 heavy (non-hydrogen) atoms. The van der Waals surface area contributed by atoms with Crippen molar-refractivity contribution in [2.75, 3.05) is 13.7 Å². The molecule has 0 aliphatic rings. The van der Waals surface area contributed by atoms with E-state index >= 15 is 0 Å². The lowest BCUT2D eigenvalue weighted by Crippen LogP contribution is -2.30. The number of rotatable bonds is 3. The van der Waals surface area contributed by atoms with E-state index in [1.807, 2.05) is 0 Å². The van der Waals surface area contributed by atoms with Gasteiger partial charge in [0.1, 0.15) is 5.78 Å². The summed E-state index contributed by atoms with van der Waals surface area (Å²) in [5.41, 5.74) is 0.0157. The molecule has 2 heteroatoms. The second-order valence-corrected chi connectivity index (χ2v) is 3.98. The average molecular weight is 158 g/mol. The number of carbonyl (C=O) groups excluding carboxylic acids is 1. The van der Waals surface area contributed by atoms with Crippen LogP contribution in [0.2, 0.25) is 0 Å². The standard InChI is InChI=1S/C9H18O2/c1-7(10)8(6-11-5)9(2,3)4/h8H,6H2,1-5H3. The van der Waals surface area contributed by atoms with Crippen molar-refractivity contribution >= 4 is 5.78 Å². The molecule has 0 saturated heterocycles. The van der Waals surface area contributed by atoms with Gasteiger partial charge in [0.15, 0.2) is 0 Å². The zero-order chi connectivity index (χ0) is 9.07. The summed E-state index contributed by atoms with van der Waals surface area (Å²) in [6, 6.07) is 0. The van der Waals surface area contributed by atoms with Crippen molar-refractivity contribution in [1.29, 1.82) is 0 Å². The van der Waals surface area contributed by atoms with E-state index in [1.54, 1.807) is 14.0 Å². The molecule has 0 rings (SSSR count). The number of Topliss-reactive ketones (excluding diaryl/α,β-unsaturated/α-hetero) is 1. The fourth-order valence-electron chi connectivity index (χ4n) is 1.14. The summed E-state index contributed by atoms with van der Waals surface area (Å²) in [5, 5.41) is 0. The molecule has 0 saturated carbocycles. The van der Waals surface area contributed by atoms with Crippen LogP contribution in [-0.2, 0) is 9.53 Å². The second kappa shape index (κ2) is 3.86. The lowest BCUT2D eigenvalue weighted by Gasteiger charge is -2.27. The maximum Gasteiger partial charge on any atom is 0.135 e. The van der Waals surface area contributed by atoms with Crippen molar-refractivity contribution in [2.24, 2.45) is 11.3 Å². The van der Waals surface area contributed by atoms with E-state index in [2.05, 4.69) is 20.8 Å². The average Bonchev–Trinajstić information content (AvgIpc) is 1.79. The lowest BCUT2D eigenvalue weighted by atomic mass is 9.79. The van der Waals surface area contributed by atoms with Gasteiger partial charge in [-0.2, -0.15) is 0 Å². The van der Waals surface area contributed by atoms with Crippen LogP contribution in [0.25, 0.3) is 0 Å². The quantitative estimate of drug-likeness (QED) is 0.627. The Kier molecular flexibility index (Phi) is 3.73. The zero-order valence-electron chi connectivity index (χ0n) is 8.10. The van der Waals surface area contributed by atoms with Crippen molar-refractivity contribution < 1.29 is 9.53 Å². The van der Waals surface area contributed by atoms with Crippen LogP contribution in [0.15, 0.2) is 0 Å². The first-order chi connectivity index (χ1) is 4.89. The smallest absolute Gasteiger partial charge is 0.135 e. The normalized spacial score (nSPS) is 14.6. The van der Waals surface area contributed by atoms with Crippen molar-refractivity contribution in [3.8, 4) is 0 Å². The Morgan fingerprint density at radius 1 is 1.45 bits per heavy atom. The summed E-state index contributed by atoms with van der Waals surface area (Å²) in [7, 11) is 1.63. The Morgan fingerprint density at radius 3 is 2.00 bits per heavy atom. The van der Waals surface area contributed by atoms with E-state index < -0.39 is 0 Å². The van der Waals surface area contributed by atoms with Gasteiger partial charge in [-0.25, -0.2) is 0 Å². The van der Waals surface area contributed by atoms with Gasteiger partial charge in [-0.1, -0.05) is 20.8 Å². The van der Waals surface area contributed by atoms with E-state index in [0.717, 1.165) is 0 Å². The number of ether oxygens (including phenoxy) is 1. The first-order valence-corrected chi connectivity index (χ1v) is 3.89. The van der Waals surface area contributed by atoms with Crippen molar-refractivity contribution in [3.63, 3.8) is 0 Å². The van der Waals surface area contributed by atoms with Crippen LogP contribution in [-0.4, -0.2) is 19.5 Å². The van der Waals surface area contributed by atoms with Crippen LogP contribution in [0, 0.1) is 11.3 Å². The Morgan fingerprint density at radius 2 is 1.91 bits per heavy atom. The highest BCUT2D eigenvalue weighted by atomic mass is 16.5. The van der Waals surface area contributed by atoms with Crippen LogP contribution in [0.5, 0.6) is 0 Å². The zero-order valence-corrected chi connectivity index (χ0v) is 8.10. The van der Waals surface area contributed by atoms with Gasteiger partial charge < -0.3 is 4.74 Å². The van der Waals surface area contributed by atoms with Crippen molar-refractivity contribution in [3.05, 3.63) is 0 Å². The Labute approximate surface area is 68.9 Å². The predicted octanol–water partition coefficient (Wildman–Crippen LogP) is 1.88. The topological polar surface area (TPSA) is 26.3 Å². The third-order valence-corrected chi connectivity index (χ3v) is 1.87. The van der Waals surface area contributed by atoms with E-state index in [0.29, 0.717) is 6.61 Å². The van der Waals surface area contributed by atoms with Crippen LogP contribution in [0.4, 0.5) is 0 Å². The molecular formula is C9H18O2. The lowest BCUT2D eigenvalue weighted by molar-refractivity contribution is -0.126. The van der Waals surface area contributed by atoms with Gasteiger partial charge in [0.05, 0.1) is 6.61 Å². The number of hydrogen-bond donors (Lipinski definition) is 0. The molecule has 66 valence electrons. The Balaban J connectivity index is 4.22. The van der Waals surface area contributed by atoms with Crippen LogP contribution in [0.3, 0.4) is 0 Å². The minimum Gasteiger partial charge on any atom is -0.384 e. The van der Waals surface area contributed by atoms with Crippen LogP contribution < -0.4 is 0 Å². The van der Waals surface area contributed by atoms with Gasteiger partial charge >= 0.3 is 0 Å². The molecule has 0 fully saturated rings. The number of carbonyl (C=O) groups is 1. The van der Waals surface area contributed by atoms with Gasteiger partial charge in [-0.3, -0.25) is 4.79 Å². The molecule has 2 nitrogen and oxygen atoms in total. The molecule has 0 radical (unpaired) electrons. The molecule has 0 amide bonds. The summed E-state index contributed by atoms with van der Waals surface area (Å²) in [4.78, 5) is 11.1. The molecular weight excluding hydrogens is 140 g/mol. The molecule has 0 bridgehead atoms. The highest BCUT2D eigenvalue weighted by molar-refractivity contribution is 5.79. The van der Waals surface area contributed by atoms with Crippen LogP contribution in [0.1, 0.15) is 27.7 Å². The molecule has 0 N–H and O–H groups in total. The molecule has 0 aliphatic carbocycles. The Hall–Kier alpha value is -0.370. The van der Waals surface area contributed by atoms with Crippen molar-refractivity contribution in [1.82, 2.24) is 0 Å². The first-order valence-electron chi connectivity index (χ1n) is 3.89. The van der Waals surface area contributed by atoms with Gasteiger partial charge in [0.2, 0.25) is 0 Å². The number of hydrogen-bond acceptors (Lipinski definition) is 2. The minimum absolute atomic E-state index is 0.0157. The summed E-state index contributed by atoms with van der Waals surface area (Å²) in [6.07, 6.45) is 0. The SMILES string of the molecule is COCC(C(C)=O)C(C)(C)C. The molecule has 0 aromatic rings. The van der Waals surface area contributed by atoms with Gasteiger partial charge in [-0.05, 0) is 12.3 Å². The minimum atomic E-state index is 0.0157. The van der Waals surface area contributed by atoms with E-state index in [4.69, 9.17) is 4.74 Å². The van der Waals surface area contributed by atoms with E-state index in [-0.39, 0.29) is 17.1 Å². The molecule has 0 aromatic carbocycles. The van der Waals surface area contributed by atoms with Gasteiger partial charge in [0, 0.05) is 13.0 Å². The Bertz CT molecular complexity index is 133. The summed E-state index contributed by atoms with van der Waals surface area (Å²) < 4.78 is 4.97. The molecule has 0 aliphatic heterocycles. The summed E-state index contributed by atoms with van der Waals surface area (Å²) in [5.74, 6) is 0.229. The van der Waals surface area contributed by atoms with E-state index in [9.17, 15) is 4.79 Å². The fraction of sp³-hybridized carbons (Fsp3) is 0.889.